The van der Waals surface area contributed by atoms with E-state index in [9.17, 15) is 0 Å². The van der Waals surface area contributed by atoms with Crippen LogP contribution in [0.5, 0.6) is 0 Å². The van der Waals surface area contributed by atoms with Crippen LogP contribution in [-0.4, -0.2) is 12.0 Å². The highest BCUT2D eigenvalue weighted by Crippen LogP contribution is 2.43. The van der Waals surface area contributed by atoms with Crippen molar-refractivity contribution in [2.45, 2.75) is 57.4 Å². The number of nitrogens with one attached hydrogen (secondary N) is 1. The molecule has 0 radical (unpaired) electrons. The maximum Gasteiger partial charge on any atom is 0.113 e. The summed E-state index contributed by atoms with van der Waals surface area (Å²) in [5, 5.41) is 4.97. The first kappa shape index (κ1) is 11.7. The number of rotatable bonds is 2. The number of aromatic nitrogens is 1. The molecule has 0 aliphatic heterocycles. The second kappa shape index (κ2) is 4.36. The van der Waals surface area contributed by atoms with Crippen LogP contribution < -0.4 is 5.32 Å². The first-order valence-corrected chi connectivity index (χ1v) is 7.73. The Morgan fingerprint density at radius 1 is 1.35 bits per heavy atom. The van der Waals surface area contributed by atoms with Gasteiger partial charge in [-0.15, -0.1) is 11.3 Å². The average molecular weight is 250 g/mol. The fourth-order valence-corrected chi connectivity index (χ4v) is 4.86. The Morgan fingerprint density at radius 2 is 2.24 bits per heavy atom. The van der Waals surface area contributed by atoms with Gasteiger partial charge in [-0.2, -0.15) is 0 Å². The van der Waals surface area contributed by atoms with Crippen molar-refractivity contribution in [3.63, 3.8) is 0 Å². The fraction of sp³-hybridized carbons (Fsp3) is 0.786. The zero-order valence-corrected chi connectivity index (χ0v) is 11.7. The third kappa shape index (κ3) is 1.93. The van der Waals surface area contributed by atoms with Crippen LogP contribution in [0.2, 0.25) is 0 Å². The summed E-state index contributed by atoms with van der Waals surface area (Å²) in [5.74, 6) is 0.829. The number of fused-ring (bicyclic) bond motifs is 1. The van der Waals surface area contributed by atoms with Crippen molar-refractivity contribution in [2.24, 2.45) is 5.92 Å². The molecule has 0 saturated heterocycles. The second-order valence-corrected chi connectivity index (χ2v) is 6.86. The van der Waals surface area contributed by atoms with E-state index < -0.39 is 0 Å². The Morgan fingerprint density at radius 3 is 2.94 bits per heavy atom. The van der Waals surface area contributed by atoms with Crippen molar-refractivity contribution < 1.29 is 0 Å². The van der Waals surface area contributed by atoms with Gasteiger partial charge >= 0.3 is 0 Å². The van der Waals surface area contributed by atoms with Gasteiger partial charge in [0.1, 0.15) is 5.01 Å². The highest BCUT2D eigenvalue weighted by molar-refractivity contribution is 7.12. The molecular formula is C14H22N2S. The molecule has 2 nitrogen and oxygen atoms in total. The molecule has 0 bridgehead atoms. The molecule has 3 rings (SSSR count). The van der Waals surface area contributed by atoms with Crippen molar-refractivity contribution >= 4 is 11.3 Å². The lowest BCUT2D eigenvalue weighted by atomic mass is 9.77. The van der Waals surface area contributed by atoms with Gasteiger partial charge in [-0.25, -0.2) is 4.98 Å². The molecule has 1 heterocycles. The van der Waals surface area contributed by atoms with E-state index in [0.717, 1.165) is 5.92 Å². The number of thiazole rings is 1. The number of hydrogen-bond acceptors (Lipinski definition) is 3. The van der Waals surface area contributed by atoms with Gasteiger partial charge in [-0.05, 0) is 45.1 Å². The van der Waals surface area contributed by atoms with E-state index in [-0.39, 0.29) is 5.54 Å². The zero-order chi connectivity index (χ0) is 11.9. The van der Waals surface area contributed by atoms with Crippen LogP contribution >= 0.6 is 11.3 Å². The number of aryl methyl sites for hydroxylation is 2. The van der Waals surface area contributed by atoms with E-state index >= 15 is 0 Å². The Bertz CT molecular complexity index is 391. The lowest BCUT2D eigenvalue weighted by molar-refractivity contribution is 0.199. The smallest absolute Gasteiger partial charge is 0.113 e. The third-order valence-electron chi connectivity index (χ3n) is 4.48. The van der Waals surface area contributed by atoms with E-state index in [1.54, 1.807) is 4.88 Å². The Hall–Kier alpha value is -0.410. The number of nitrogens with zero attached hydrogens (tertiary/aromatic N) is 1. The molecule has 0 aromatic carbocycles. The van der Waals surface area contributed by atoms with Crippen LogP contribution in [0.3, 0.4) is 0 Å². The van der Waals surface area contributed by atoms with E-state index in [4.69, 9.17) is 4.98 Å². The van der Waals surface area contributed by atoms with Crippen LogP contribution in [-0.2, 0) is 18.4 Å². The molecule has 1 N–H and O–H groups in total. The van der Waals surface area contributed by atoms with Crippen LogP contribution in [0.4, 0.5) is 0 Å². The quantitative estimate of drug-likeness (QED) is 0.871. The number of hydrogen-bond donors (Lipinski definition) is 1. The lowest BCUT2D eigenvalue weighted by Gasteiger charge is -2.38. The van der Waals surface area contributed by atoms with E-state index in [1.165, 1.54) is 55.6 Å². The minimum Gasteiger partial charge on any atom is -0.308 e. The van der Waals surface area contributed by atoms with Gasteiger partial charge < -0.3 is 5.32 Å². The van der Waals surface area contributed by atoms with Gasteiger partial charge in [0.2, 0.25) is 0 Å². The molecule has 2 unspecified atom stereocenters. The van der Waals surface area contributed by atoms with Crippen LogP contribution in [0, 0.1) is 5.92 Å². The van der Waals surface area contributed by atoms with Crippen molar-refractivity contribution in [3.05, 3.63) is 15.6 Å². The summed E-state index contributed by atoms with van der Waals surface area (Å²) in [6.45, 7) is 2.38. The molecule has 0 amide bonds. The van der Waals surface area contributed by atoms with E-state index in [0.29, 0.717) is 0 Å². The first-order chi connectivity index (χ1) is 8.23. The summed E-state index contributed by atoms with van der Waals surface area (Å²) in [4.78, 5) is 6.51. The topological polar surface area (TPSA) is 24.9 Å². The normalized spacial score (nSPS) is 32.7. The van der Waals surface area contributed by atoms with Crippen molar-refractivity contribution in [1.82, 2.24) is 10.3 Å². The van der Waals surface area contributed by atoms with Gasteiger partial charge in [0.05, 0.1) is 11.2 Å². The van der Waals surface area contributed by atoms with Crippen molar-refractivity contribution in [1.29, 1.82) is 0 Å². The molecule has 1 fully saturated rings. The van der Waals surface area contributed by atoms with Gasteiger partial charge in [0, 0.05) is 4.88 Å². The Balaban J connectivity index is 1.93. The molecule has 0 spiro atoms. The minimum atomic E-state index is 0.187. The molecule has 1 aromatic heterocycles. The van der Waals surface area contributed by atoms with Gasteiger partial charge in [-0.3, -0.25) is 0 Å². The van der Waals surface area contributed by atoms with Crippen molar-refractivity contribution in [2.75, 3.05) is 7.05 Å². The molecule has 1 saturated carbocycles. The zero-order valence-electron chi connectivity index (χ0n) is 10.9. The highest BCUT2D eigenvalue weighted by atomic mass is 32.1. The van der Waals surface area contributed by atoms with Crippen LogP contribution in [0.25, 0.3) is 0 Å². The monoisotopic (exact) mass is 250 g/mol. The summed E-state index contributed by atoms with van der Waals surface area (Å²) in [7, 11) is 2.12. The SMILES string of the molecule is CNC1(c2nc3c(s2)CCC3)CCCC(C)C1. The van der Waals surface area contributed by atoms with Gasteiger partial charge in [0.25, 0.3) is 0 Å². The molecule has 17 heavy (non-hydrogen) atoms. The minimum absolute atomic E-state index is 0.187. The predicted molar refractivity (Wildman–Crippen MR) is 72.5 cm³/mol. The maximum absolute atomic E-state index is 4.95. The Kier molecular flexibility index (Phi) is 2.99. The van der Waals surface area contributed by atoms with Gasteiger partial charge in [-0.1, -0.05) is 19.8 Å². The summed E-state index contributed by atoms with van der Waals surface area (Å²) >= 11 is 1.98. The van der Waals surface area contributed by atoms with E-state index in [2.05, 4.69) is 19.3 Å². The Labute approximate surface area is 108 Å². The van der Waals surface area contributed by atoms with Crippen LogP contribution in [0.15, 0.2) is 0 Å². The summed E-state index contributed by atoms with van der Waals surface area (Å²) in [6.07, 6.45) is 9.04. The predicted octanol–water partition coefficient (Wildman–Crippen LogP) is 3.26. The van der Waals surface area contributed by atoms with E-state index in [1.807, 2.05) is 11.3 Å². The van der Waals surface area contributed by atoms with Crippen LogP contribution in [0.1, 0.15) is 54.6 Å². The fourth-order valence-electron chi connectivity index (χ4n) is 3.47. The first-order valence-electron chi connectivity index (χ1n) is 6.91. The molecule has 94 valence electrons. The largest absolute Gasteiger partial charge is 0.308 e. The molecular weight excluding hydrogens is 228 g/mol. The molecule has 2 aliphatic carbocycles. The average Bonchev–Trinajstić information content (AvgIpc) is 2.89. The summed E-state index contributed by atoms with van der Waals surface area (Å²) in [5.41, 5.74) is 1.59. The lowest BCUT2D eigenvalue weighted by Crippen LogP contribution is -2.43. The maximum atomic E-state index is 4.95. The molecule has 2 atom stereocenters. The standard InChI is InChI=1S/C14H22N2S/c1-10-5-4-8-14(9-10,15-2)13-16-11-6-3-7-12(11)17-13/h10,15H,3-9H2,1-2H3. The highest BCUT2D eigenvalue weighted by Gasteiger charge is 2.38. The van der Waals surface area contributed by atoms with Crippen molar-refractivity contribution in [3.8, 4) is 0 Å². The van der Waals surface area contributed by atoms with Gasteiger partial charge in [0.15, 0.2) is 0 Å². The third-order valence-corrected chi connectivity index (χ3v) is 5.84. The summed E-state index contributed by atoms with van der Waals surface area (Å²) in [6, 6.07) is 0. The molecule has 3 heteroatoms. The second-order valence-electron chi connectivity index (χ2n) is 5.78. The summed E-state index contributed by atoms with van der Waals surface area (Å²) < 4.78 is 0. The molecule has 1 aromatic rings. The molecule has 2 aliphatic rings.